The summed E-state index contributed by atoms with van der Waals surface area (Å²) >= 11 is 0. The Balaban J connectivity index is 1.57. The van der Waals surface area contributed by atoms with Gasteiger partial charge in [0.2, 0.25) is 15.9 Å². The van der Waals surface area contributed by atoms with E-state index in [2.05, 4.69) is 10.0 Å². The van der Waals surface area contributed by atoms with E-state index in [4.69, 9.17) is 0 Å². The van der Waals surface area contributed by atoms with Crippen LogP contribution in [0.15, 0.2) is 29.2 Å². The Hall–Kier alpha value is -1.40. The molecule has 2 aliphatic carbocycles. The van der Waals surface area contributed by atoms with Crippen molar-refractivity contribution in [3.63, 3.8) is 0 Å². The van der Waals surface area contributed by atoms with E-state index in [1.165, 1.54) is 37.8 Å². The molecule has 1 aromatic rings. The van der Waals surface area contributed by atoms with Crippen LogP contribution in [0.3, 0.4) is 0 Å². The monoisotopic (exact) mass is 350 g/mol. The molecule has 0 aromatic heterocycles. The van der Waals surface area contributed by atoms with Crippen molar-refractivity contribution in [1.29, 1.82) is 0 Å². The fourth-order valence-electron chi connectivity index (χ4n) is 4.17. The van der Waals surface area contributed by atoms with Crippen molar-refractivity contribution in [2.24, 2.45) is 17.8 Å². The van der Waals surface area contributed by atoms with Crippen LogP contribution in [0.2, 0.25) is 0 Å². The maximum absolute atomic E-state index is 12.2. The van der Waals surface area contributed by atoms with Gasteiger partial charge in [0, 0.05) is 18.2 Å². The Morgan fingerprint density at radius 2 is 1.88 bits per heavy atom. The van der Waals surface area contributed by atoms with Crippen LogP contribution < -0.4 is 10.0 Å². The van der Waals surface area contributed by atoms with E-state index in [0.717, 1.165) is 11.8 Å². The summed E-state index contributed by atoms with van der Waals surface area (Å²) in [5, 5.41) is 2.89. The molecule has 3 atom stereocenters. The molecular formula is C18H26N2O3S. The zero-order valence-corrected chi connectivity index (χ0v) is 15.1. The van der Waals surface area contributed by atoms with Crippen LogP contribution in [0.25, 0.3) is 0 Å². The first-order valence-electron chi connectivity index (χ1n) is 8.76. The normalized spacial score (nSPS) is 26.0. The van der Waals surface area contributed by atoms with Crippen LogP contribution in [-0.4, -0.2) is 20.4 Å². The molecule has 5 nitrogen and oxygen atoms in total. The van der Waals surface area contributed by atoms with Gasteiger partial charge in [-0.1, -0.05) is 6.42 Å². The molecule has 3 rings (SSSR count). The van der Waals surface area contributed by atoms with E-state index in [1.54, 1.807) is 26.0 Å². The minimum absolute atomic E-state index is 0.0310. The highest BCUT2D eigenvalue weighted by Gasteiger charge is 2.40. The van der Waals surface area contributed by atoms with E-state index < -0.39 is 10.0 Å². The lowest BCUT2D eigenvalue weighted by atomic mass is 9.86. The van der Waals surface area contributed by atoms with E-state index in [9.17, 15) is 13.2 Å². The number of rotatable bonds is 6. The Bertz CT molecular complexity index is 697. The molecular weight excluding hydrogens is 324 g/mol. The predicted molar refractivity (Wildman–Crippen MR) is 94.1 cm³/mol. The van der Waals surface area contributed by atoms with Crippen LogP contribution in [0.5, 0.6) is 0 Å². The highest BCUT2D eigenvalue weighted by Crippen LogP contribution is 2.49. The molecule has 0 radical (unpaired) electrons. The third-order valence-electron chi connectivity index (χ3n) is 5.17. The van der Waals surface area contributed by atoms with Gasteiger partial charge < -0.3 is 5.32 Å². The van der Waals surface area contributed by atoms with Crippen molar-refractivity contribution < 1.29 is 13.2 Å². The summed E-state index contributed by atoms with van der Waals surface area (Å²) in [5.74, 6) is 2.13. The number of fused-ring (bicyclic) bond motifs is 2. The number of hydrogen-bond acceptors (Lipinski definition) is 3. The van der Waals surface area contributed by atoms with Gasteiger partial charge in [-0.2, -0.15) is 0 Å². The minimum atomic E-state index is -3.49. The zero-order chi connectivity index (χ0) is 17.3. The van der Waals surface area contributed by atoms with Gasteiger partial charge in [0.15, 0.2) is 0 Å². The summed E-state index contributed by atoms with van der Waals surface area (Å²) in [7, 11) is -3.49. The van der Waals surface area contributed by atoms with Gasteiger partial charge in [-0.15, -0.1) is 0 Å². The minimum Gasteiger partial charge on any atom is -0.326 e. The topological polar surface area (TPSA) is 75.3 Å². The van der Waals surface area contributed by atoms with Gasteiger partial charge >= 0.3 is 0 Å². The summed E-state index contributed by atoms with van der Waals surface area (Å²) in [6.07, 6.45) is 5.68. The highest BCUT2D eigenvalue weighted by atomic mass is 32.2. The van der Waals surface area contributed by atoms with Crippen molar-refractivity contribution in [2.45, 2.75) is 56.9 Å². The second kappa shape index (κ2) is 6.84. The van der Waals surface area contributed by atoms with Crippen LogP contribution >= 0.6 is 0 Å². The third-order valence-corrected chi connectivity index (χ3v) is 6.85. The van der Waals surface area contributed by atoms with Crippen molar-refractivity contribution in [3.8, 4) is 0 Å². The van der Waals surface area contributed by atoms with Crippen LogP contribution in [0.1, 0.15) is 46.0 Å². The lowest BCUT2D eigenvalue weighted by Crippen LogP contribution is -2.30. The first-order chi connectivity index (χ1) is 11.3. The van der Waals surface area contributed by atoms with Gasteiger partial charge in [0.1, 0.15) is 0 Å². The number of sulfonamides is 1. The first kappa shape index (κ1) is 17.4. The number of benzene rings is 1. The third kappa shape index (κ3) is 3.98. The molecule has 0 heterocycles. The molecule has 0 unspecified atom stereocenters. The molecule has 2 aliphatic rings. The summed E-state index contributed by atoms with van der Waals surface area (Å²) in [4.78, 5) is 12.4. The molecule has 0 saturated heterocycles. The lowest BCUT2D eigenvalue weighted by Gasteiger charge is -2.20. The molecule has 2 fully saturated rings. The van der Waals surface area contributed by atoms with E-state index in [0.29, 0.717) is 18.0 Å². The zero-order valence-electron chi connectivity index (χ0n) is 14.3. The first-order valence-corrected chi connectivity index (χ1v) is 10.2. The smallest absolute Gasteiger partial charge is 0.240 e. The van der Waals surface area contributed by atoms with Gasteiger partial charge in [0.05, 0.1) is 4.90 Å². The number of carbonyl (C=O) groups is 1. The fourth-order valence-corrected chi connectivity index (χ4v) is 5.42. The van der Waals surface area contributed by atoms with E-state index in [1.807, 2.05) is 0 Å². The summed E-state index contributed by atoms with van der Waals surface area (Å²) in [5.41, 5.74) is 0.645. The molecule has 132 valence electrons. The summed E-state index contributed by atoms with van der Waals surface area (Å²) < 4.78 is 26.7. The van der Waals surface area contributed by atoms with E-state index in [-0.39, 0.29) is 16.8 Å². The second-order valence-corrected chi connectivity index (χ2v) is 9.20. The second-order valence-electron chi connectivity index (χ2n) is 7.49. The van der Waals surface area contributed by atoms with Crippen molar-refractivity contribution in [2.75, 3.05) is 5.32 Å². The maximum Gasteiger partial charge on any atom is 0.240 e. The number of hydrogen-bond donors (Lipinski definition) is 2. The van der Waals surface area contributed by atoms with Crippen LogP contribution in [0, 0.1) is 17.8 Å². The van der Waals surface area contributed by atoms with Gasteiger partial charge in [0.25, 0.3) is 0 Å². The number of anilines is 1. The summed E-state index contributed by atoms with van der Waals surface area (Å²) in [6.45, 7) is 3.56. The van der Waals surface area contributed by atoms with Gasteiger partial charge in [-0.05, 0) is 75.1 Å². The number of carbonyl (C=O) groups excluding carboxylic acids is 1. The molecule has 2 saturated carbocycles. The molecule has 24 heavy (non-hydrogen) atoms. The maximum atomic E-state index is 12.2. The molecule has 1 amide bonds. The number of amides is 1. The van der Waals surface area contributed by atoms with Crippen LogP contribution in [0.4, 0.5) is 5.69 Å². The molecule has 0 spiro atoms. The van der Waals surface area contributed by atoms with Crippen LogP contribution in [-0.2, 0) is 14.8 Å². The SMILES string of the molecule is CC(C)NS(=O)(=O)c1ccc(NC(=O)C[C@@H]2C[C@@H]3CC[C@@H]2C3)cc1. The molecule has 1 aromatic carbocycles. The number of nitrogens with one attached hydrogen (secondary N) is 2. The molecule has 2 bridgehead atoms. The summed E-state index contributed by atoms with van der Waals surface area (Å²) in [6, 6.07) is 6.19. The average molecular weight is 350 g/mol. The predicted octanol–water partition coefficient (Wildman–Crippen LogP) is 3.14. The Labute approximate surface area is 144 Å². The largest absolute Gasteiger partial charge is 0.326 e. The molecule has 6 heteroatoms. The Morgan fingerprint density at radius 3 is 2.42 bits per heavy atom. The van der Waals surface area contributed by atoms with Crippen molar-refractivity contribution >= 4 is 21.6 Å². The van der Waals surface area contributed by atoms with Crippen molar-refractivity contribution in [3.05, 3.63) is 24.3 Å². The van der Waals surface area contributed by atoms with Gasteiger partial charge in [-0.25, -0.2) is 13.1 Å². The fraction of sp³-hybridized carbons (Fsp3) is 0.611. The average Bonchev–Trinajstić information content (AvgIpc) is 3.09. The van der Waals surface area contributed by atoms with Crippen molar-refractivity contribution in [1.82, 2.24) is 4.72 Å². The lowest BCUT2D eigenvalue weighted by molar-refractivity contribution is -0.117. The molecule has 0 aliphatic heterocycles. The highest BCUT2D eigenvalue weighted by molar-refractivity contribution is 7.89. The standard InChI is InChI=1S/C18H26N2O3S/c1-12(2)20-24(22,23)17-7-5-16(6-8-17)19-18(21)11-15-10-13-3-4-14(15)9-13/h5-8,12-15,20H,3-4,9-11H2,1-2H3,(H,19,21)/t13-,14-,15+/m1/s1. The van der Waals surface area contributed by atoms with E-state index >= 15 is 0 Å². The quantitative estimate of drug-likeness (QED) is 0.827. The molecule has 2 N–H and O–H groups in total. The Morgan fingerprint density at radius 1 is 1.17 bits per heavy atom. The van der Waals surface area contributed by atoms with Gasteiger partial charge in [-0.3, -0.25) is 4.79 Å². The Kier molecular flexibility index (Phi) is 4.97.